The van der Waals surface area contributed by atoms with E-state index in [1.54, 1.807) is 18.6 Å². The molecule has 0 amide bonds. The fourth-order valence-corrected chi connectivity index (χ4v) is 1.69. The summed E-state index contributed by atoms with van der Waals surface area (Å²) in [7, 11) is 1.91. The Balaban J connectivity index is 2.00. The van der Waals surface area contributed by atoms with Crippen molar-refractivity contribution >= 4 is 5.97 Å². The first-order valence-electron chi connectivity index (χ1n) is 5.16. The Morgan fingerprint density at radius 1 is 1.35 bits per heavy atom. The van der Waals surface area contributed by atoms with E-state index in [-0.39, 0.29) is 5.76 Å². The molecule has 0 aliphatic rings. The third-order valence-corrected chi connectivity index (χ3v) is 2.41. The summed E-state index contributed by atoms with van der Waals surface area (Å²) in [5.74, 6) is -1.04. The Morgan fingerprint density at radius 3 is 2.82 bits per heavy atom. The van der Waals surface area contributed by atoms with Crippen LogP contribution in [0.15, 0.2) is 39.8 Å². The smallest absolute Gasteiger partial charge is 0.372 e. The highest BCUT2D eigenvalue weighted by atomic mass is 16.4. The second-order valence-corrected chi connectivity index (χ2v) is 3.88. The van der Waals surface area contributed by atoms with E-state index in [1.165, 1.54) is 6.26 Å². The molecular weight excluding hydrogens is 222 g/mol. The normalized spacial score (nSPS) is 10.9. The van der Waals surface area contributed by atoms with Gasteiger partial charge < -0.3 is 13.9 Å². The molecule has 0 aliphatic carbocycles. The molecule has 2 heterocycles. The van der Waals surface area contributed by atoms with Gasteiger partial charge in [0.2, 0.25) is 5.76 Å². The van der Waals surface area contributed by atoms with Gasteiger partial charge in [0.15, 0.2) is 0 Å². The quantitative estimate of drug-likeness (QED) is 0.860. The molecule has 2 rings (SSSR count). The van der Waals surface area contributed by atoms with Gasteiger partial charge in [-0.1, -0.05) is 0 Å². The fraction of sp³-hybridized carbons (Fsp3) is 0.250. The first-order chi connectivity index (χ1) is 8.16. The number of hydrogen-bond donors (Lipinski definition) is 1. The van der Waals surface area contributed by atoms with Crippen molar-refractivity contribution in [2.24, 2.45) is 0 Å². The SMILES string of the molecule is CN(Cc1ccoc1)Cc1ccoc1C(=O)O. The van der Waals surface area contributed by atoms with E-state index >= 15 is 0 Å². The van der Waals surface area contributed by atoms with Crippen molar-refractivity contribution in [3.05, 3.63) is 47.8 Å². The lowest BCUT2D eigenvalue weighted by Gasteiger charge is -2.14. The zero-order valence-corrected chi connectivity index (χ0v) is 9.42. The summed E-state index contributed by atoms with van der Waals surface area (Å²) in [6, 6.07) is 3.55. The predicted octanol–water partition coefficient (Wildman–Crippen LogP) is 2.20. The number of nitrogens with zero attached hydrogens (tertiary/aromatic N) is 1. The van der Waals surface area contributed by atoms with Crippen LogP contribution in [0.2, 0.25) is 0 Å². The molecule has 0 aromatic carbocycles. The van der Waals surface area contributed by atoms with Gasteiger partial charge in [0.05, 0.1) is 18.8 Å². The van der Waals surface area contributed by atoms with Crippen LogP contribution in [-0.4, -0.2) is 23.0 Å². The largest absolute Gasteiger partial charge is 0.475 e. The fourth-order valence-electron chi connectivity index (χ4n) is 1.69. The number of carboxylic acid groups (broad SMARTS) is 1. The van der Waals surface area contributed by atoms with Gasteiger partial charge in [0.1, 0.15) is 0 Å². The van der Waals surface area contributed by atoms with Gasteiger partial charge in [0.25, 0.3) is 0 Å². The second kappa shape index (κ2) is 4.88. The summed E-state index contributed by atoms with van der Waals surface area (Å²) in [5, 5.41) is 8.90. The molecule has 0 fully saturated rings. The predicted molar refractivity (Wildman–Crippen MR) is 59.5 cm³/mol. The van der Waals surface area contributed by atoms with Gasteiger partial charge in [-0.3, -0.25) is 4.90 Å². The molecule has 0 aliphatic heterocycles. The van der Waals surface area contributed by atoms with Crippen molar-refractivity contribution in [3.63, 3.8) is 0 Å². The maximum Gasteiger partial charge on any atom is 0.372 e. The number of hydrogen-bond acceptors (Lipinski definition) is 4. The average Bonchev–Trinajstić information content (AvgIpc) is 2.88. The van der Waals surface area contributed by atoms with E-state index in [0.717, 1.165) is 5.56 Å². The average molecular weight is 235 g/mol. The standard InChI is InChI=1S/C12H13NO4/c1-13(6-9-2-4-16-8-9)7-10-3-5-17-11(10)12(14)15/h2-5,8H,6-7H2,1H3,(H,14,15). The molecule has 5 heteroatoms. The maximum absolute atomic E-state index is 10.9. The Labute approximate surface area is 98.3 Å². The molecule has 0 bridgehead atoms. The summed E-state index contributed by atoms with van der Waals surface area (Å²) < 4.78 is 9.89. The Kier molecular flexibility index (Phi) is 3.30. The zero-order chi connectivity index (χ0) is 12.3. The molecule has 90 valence electrons. The van der Waals surface area contributed by atoms with Crippen molar-refractivity contribution in [3.8, 4) is 0 Å². The molecule has 0 spiro atoms. The monoisotopic (exact) mass is 235 g/mol. The highest BCUT2D eigenvalue weighted by molar-refractivity contribution is 5.86. The third kappa shape index (κ3) is 2.76. The van der Waals surface area contributed by atoms with Crippen LogP contribution >= 0.6 is 0 Å². The molecular formula is C12H13NO4. The molecule has 0 saturated carbocycles. The van der Waals surface area contributed by atoms with Crippen LogP contribution < -0.4 is 0 Å². The minimum absolute atomic E-state index is 0.00374. The van der Waals surface area contributed by atoms with Crippen molar-refractivity contribution in [2.45, 2.75) is 13.1 Å². The minimum atomic E-state index is -1.04. The topological polar surface area (TPSA) is 66.8 Å². The molecule has 17 heavy (non-hydrogen) atoms. The van der Waals surface area contributed by atoms with E-state index in [0.29, 0.717) is 18.7 Å². The molecule has 2 aromatic rings. The van der Waals surface area contributed by atoms with Crippen molar-refractivity contribution in [2.75, 3.05) is 7.05 Å². The van der Waals surface area contributed by atoms with Gasteiger partial charge in [-0.15, -0.1) is 0 Å². The Hall–Kier alpha value is -2.01. The summed E-state index contributed by atoms with van der Waals surface area (Å²) in [4.78, 5) is 12.8. The number of rotatable bonds is 5. The van der Waals surface area contributed by atoms with E-state index in [9.17, 15) is 4.79 Å². The first-order valence-corrected chi connectivity index (χ1v) is 5.16. The number of aromatic carboxylic acids is 1. The summed E-state index contributed by atoms with van der Waals surface area (Å²) in [6.07, 6.45) is 4.68. The summed E-state index contributed by atoms with van der Waals surface area (Å²) in [5.41, 5.74) is 1.72. The van der Waals surface area contributed by atoms with Gasteiger partial charge in [-0.05, 0) is 19.2 Å². The maximum atomic E-state index is 10.9. The van der Waals surface area contributed by atoms with Crippen molar-refractivity contribution in [1.82, 2.24) is 4.90 Å². The second-order valence-electron chi connectivity index (χ2n) is 3.88. The molecule has 5 nitrogen and oxygen atoms in total. The Morgan fingerprint density at radius 2 is 2.18 bits per heavy atom. The van der Waals surface area contributed by atoms with Crippen LogP contribution in [0.25, 0.3) is 0 Å². The molecule has 1 N–H and O–H groups in total. The number of carbonyl (C=O) groups is 1. The lowest BCUT2D eigenvalue weighted by Crippen LogP contribution is -2.18. The highest BCUT2D eigenvalue weighted by Gasteiger charge is 2.15. The summed E-state index contributed by atoms with van der Waals surface area (Å²) >= 11 is 0. The third-order valence-electron chi connectivity index (χ3n) is 2.41. The Bertz CT molecular complexity index is 486. The highest BCUT2D eigenvalue weighted by Crippen LogP contribution is 2.14. The number of carboxylic acids is 1. The van der Waals surface area contributed by atoms with Gasteiger partial charge in [-0.2, -0.15) is 0 Å². The van der Waals surface area contributed by atoms with Crippen LogP contribution in [0.4, 0.5) is 0 Å². The summed E-state index contributed by atoms with van der Waals surface area (Å²) in [6.45, 7) is 1.21. The van der Waals surface area contributed by atoms with E-state index in [2.05, 4.69) is 0 Å². The van der Waals surface area contributed by atoms with Crippen LogP contribution in [-0.2, 0) is 13.1 Å². The van der Waals surface area contributed by atoms with Crippen molar-refractivity contribution < 1.29 is 18.7 Å². The number of furan rings is 2. The lowest BCUT2D eigenvalue weighted by atomic mass is 10.2. The molecule has 0 unspecified atom stereocenters. The zero-order valence-electron chi connectivity index (χ0n) is 9.42. The van der Waals surface area contributed by atoms with Crippen LogP contribution in [0, 0.1) is 0 Å². The molecule has 2 aromatic heterocycles. The van der Waals surface area contributed by atoms with Gasteiger partial charge >= 0.3 is 5.97 Å². The lowest BCUT2D eigenvalue weighted by molar-refractivity contribution is 0.0659. The van der Waals surface area contributed by atoms with Crippen molar-refractivity contribution in [1.29, 1.82) is 0 Å². The molecule has 0 radical (unpaired) electrons. The molecule has 0 saturated heterocycles. The van der Waals surface area contributed by atoms with Gasteiger partial charge in [-0.25, -0.2) is 4.79 Å². The van der Waals surface area contributed by atoms with Gasteiger partial charge in [0, 0.05) is 24.2 Å². The van der Waals surface area contributed by atoms with Crippen LogP contribution in [0.5, 0.6) is 0 Å². The van der Waals surface area contributed by atoms with Crippen LogP contribution in [0.1, 0.15) is 21.7 Å². The van der Waals surface area contributed by atoms with E-state index < -0.39 is 5.97 Å². The minimum Gasteiger partial charge on any atom is -0.475 e. The molecule has 0 atom stereocenters. The van der Waals surface area contributed by atoms with E-state index in [4.69, 9.17) is 13.9 Å². The van der Waals surface area contributed by atoms with Crippen LogP contribution in [0.3, 0.4) is 0 Å². The first kappa shape index (κ1) is 11.5. The van der Waals surface area contributed by atoms with E-state index in [1.807, 2.05) is 18.0 Å².